The summed E-state index contributed by atoms with van der Waals surface area (Å²) in [5.74, 6) is -0.469. The van der Waals surface area contributed by atoms with Gasteiger partial charge in [-0.05, 0) is 24.3 Å². The number of Topliss-reactive ketones (excluding diaryl/α,β-unsaturated/α-hetero) is 1. The number of halogens is 1. The molecule has 0 unspecified atom stereocenters. The Bertz CT molecular complexity index is 708. The molecule has 0 spiro atoms. The number of anilines is 1. The third-order valence-electron chi connectivity index (χ3n) is 2.80. The Hall–Kier alpha value is -1.80. The van der Waals surface area contributed by atoms with Crippen LogP contribution >= 0.6 is 23.1 Å². The minimum absolute atomic E-state index is 0.120. The number of nitrogens with one attached hydrogen (secondary N) is 1. The molecular formula is C15H16FN3O2S2. The van der Waals surface area contributed by atoms with Crippen LogP contribution < -0.4 is 5.32 Å². The van der Waals surface area contributed by atoms with Crippen LogP contribution in [0, 0.1) is 11.2 Å². The molecule has 1 heterocycles. The van der Waals surface area contributed by atoms with Gasteiger partial charge in [0.15, 0.2) is 10.1 Å². The van der Waals surface area contributed by atoms with Gasteiger partial charge in [0.25, 0.3) is 0 Å². The van der Waals surface area contributed by atoms with Crippen molar-refractivity contribution in [1.29, 1.82) is 0 Å². The van der Waals surface area contributed by atoms with Gasteiger partial charge >= 0.3 is 0 Å². The van der Waals surface area contributed by atoms with Crippen LogP contribution in [0.4, 0.5) is 9.52 Å². The van der Waals surface area contributed by atoms with Gasteiger partial charge in [0, 0.05) is 11.0 Å². The van der Waals surface area contributed by atoms with Crippen LogP contribution in [0.25, 0.3) is 0 Å². The summed E-state index contributed by atoms with van der Waals surface area (Å²) in [6, 6.07) is 5.41. The molecule has 2 aromatic rings. The monoisotopic (exact) mass is 353 g/mol. The van der Waals surface area contributed by atoms with E-state index in [1.807, 2.05) is 0 Å². The van der Waals surface area contributed by atoms with E-state index in [9.17, 15) is 14.0 Å². The summed E-state index contributed by atoms with van der Waals surface area (Å²) in [6.45, 7) is 5.42. The Kier molecular flexibility index (Phi) is 5.48. The SMILES string of the molecule is CC(C)(C)C(=O)Nc1nnc(SCC(=O)c2ccc(F)cc2)s1. The highest BCUT2D eigenvalue weighted by Crippen LogP contribution is 2.27. The number of carbonyl (C=O) groups is 2. The van der Waals surface area contributed by atoms with Crippen LogP contribution in [0.3, 0.4) is 0 Å². The molecule has 1 N–H and O–H groups in total. The zero-order chi connectivity index (χ0) is 17.0. The summed E-state index contributed by atoms with van der Waals surface area (Å²) in [4.78, 5) is 23.8. The number of amides is 1. The van der Waals surface area contributed by atoms with E-state index in [2.05, 4.69) is 15.5 Å². The quantitative estimate of drug-likeness (QED) is 0.505. The van der Waals surface area contributed by atoms with Crippen LogP contribution in [0.1, 0.15) is 31.1 Å². The van der Waals surface area contributed by atoms with Gasteiger partial charge in [-0.1, -0.05) is 43.9 Å². The topological polar surface area (TPSA) is 72.0 Å². The fourth-order valence-electron chi connectivity index (χ4n) is 1.45. The largest absolute Gasteiger partial charge is 0.300 e. The van der Waals surface area contributed by atoms with E-state index in [0.717, 1.165) is 0 Å². The van der Waals surface area contributed by atoms with E-state index < -0.39 is 5.41 Å². The molecule has 1 amide bonds. The highest BCUT2D eigenvalue weighted by Gasteiger charge is 2.22. The van der Waals surface area contributed by atoms with Gasteiger partial charge in [-0.3, -0.25) is 9.59 Å². The molecule has 0 aliphatic rings. The van der Waals surface area contributed by atoms with Crippen molar-refractivity contribution in [3.05, 3.63) is 35.6 Å². The predicted octanol–water partition coefficient (Wildman–Crippen LogP) is 3.64. The molecular weight excluding hydrogens is 337 g/mol. The summed E-state index contributed by atoms with van der Waals surface area (Å²) in [5, 5.41) is 10.9. The maximum atomic E-state index is 12.8. The second kappa shape index (κ2) is 7.18. The zero-order valence-electron chi connectivity index (χ0n) is 12.9. The molecule has 1 aromatic carbocycles. The lowest BCUT2D eigenvalue weighted by molar-refractivity contribution is -0.123. The molecule has 0 atom stereocenters. The van der Waals surface area contributed by atoms with E-state index >= 15 is 0 Å². The smallest absolute Gasteiger partial charge is 0.231 e. The lowest BCUT2D eigenvalue weighted by atomic mass is 9.96. The molecule has 8 heteroatoms. The number of carbonyl (C=O) groups excluding carboxylic acids is 2. The van der Waals surface area contributed by atoms with Crippen molar-refractivity contribution >= 4 is 39.9 Å². The summed E-state index contributed by atoms with van der Waals surface area (Å²) in [5.41, 5.74) is -0.0676. The molecule has 23 heavy (non-hydrogen) atoms. The van der Waals surface area contributed by atoms with Crippen LogP contribution in [0.2, 0.25) is 0 Å². The first-order valence-corrected chi connectivity index (χ1v) is 8.62. The maximum Gasteiger partial charge on any atom is 0.231 e. The second-order valence-electron chi connectivity index (χ2n) is 5.80. The normalized spacial score (nSPS) is 11.3. The van der Waals surface area contributed by atoms with Gasteiger partial charge in [-0.2, -0.15) is 0 Å². The van der Waals surface area contributed by atoms with Gasteiger partial charge in [0.1, 0.15) is 5.82 Å². The minimum atomic E-state index is -0.516. The molecule has 0 aliphatic carbocycles. The molecule has 0 fully saturated rings. The molecule has 2 rings (SSSR count). The summed E-state index contributed by atoms with van der Waals surface area (Å²) >= 11 is 2.45. The summed E-state index contributed by atoms with van der Waals surface area (Å²) in [7, 11) is 0. The fraction of sp³-hybridized carbons (Fsp3) is 0.333. The van der Waals surface area contributed by atoms with Gasteiger partial charge in [0.2, 0.25) is 11.0 Å². The summed E-state index contributed by atoms with van der Waals surface area (Å²) < 4.78 is 13.4. The van der Waals surface area contributed by atoms with E-state index in [1.54, 1.807) is 20.8 Å². The fourth-order valence-corrected chi connectivity index (χ4v) is 3.09. The maximum absolute atomic E-state index is 12.8. The van der Waals surface area contributed by atoms with Crippen molar-refractivity contribution in [2.24, 2.45) is 5.41 Å². The molecule has 5 nitrogen and oxygen atoms in total. The number of ketones is 1. The molecule has 0 saturated heterocycles. The molecule has 0 saturated carbocycles. The van der Waals surface area contributed by atoms with Crippen LogP contribution in [0.5, 0.6) is 0 Å². The Balaban J connectivity index is 1.91. The second-order valence-corrected chi connectivity index (χ2v) is 8.00. The number of aromatic nitrogens is 2. The number of hydrogen-bond acceptors (Lipinski definition) is 6. The van der Waals surface area contributed by atoms with Gasteiger partial charge in [-0.25, -0.2) is 4.39 Å². The molecule has 0 bridgehead atoms. The lowest BCUT2D eigenvalue weighted by Gasteiger charge is -2.15. The standard InChI is InChI=1S/C15H16FN3O2S2/c1-15(2,3)12(21)17-13-18-19-14(23-13)22-8-11(20)9-4-6-10(16)7-5-9/h4-7H,8H2,1-3H3,(H,17,18,21). The average molecular weight is 353 g/mol. The number of nitrogens with zero attached hydrogens (tertiary/aromatic N) is 2. The van der Waals surface area contributed by atoms with E-state index in [-0.39, 0.29) is 23.3 Å². The van der Waals surface area contributed by atoms with Crippen molar-refractivity contribution in [2.75, 3.05) is 11.1 Å². The lowest BCUT2D eigenvalue weighted by Crippen LogP contribution is -2.27. The van der Waals surface area contributed by atoms with Gasteiger partial charge in [0.05, 0.1) is 5.75 Å². The predicted molar refractivity (Wildman–Crippen MR) is 89.4 cm³/mol. The van der Waals surface area contributed by atoms with E-state index in [0.29, 0.717) is 15.0 Å². The molecule has 1 aromatic heterocycles. The molecule has 0 radical (unpaired) electrons. The minimum Gasteiger partial charge on any atom is -0.300 e. The van der Waals surface area contributed by atoms with Crippen molar-refractivity contribution in [2.45, 2.75) is 25.1 Å². The summed E-state index contributed by atoms with van der Waals surface area (Å²) in [6.07, 6.45) is 0. The Labute approximate surface area is 141 Å². The van der Waals surface area contributed by atoms with Crippen molar-refractivity contribution in [1.82, 2.24) is 10.2 Å². The van der Waals surface area contributed by atoms with Crippen LogP contribution in [-0.4, -0.2) is 27.6 Å². The average Bonchev–Trinajstić information content (AvgIpc) is 2.92. The van der Waals surface area contributed by atoms with Gasteiger partial charge < -0.3 is 5.32 Å². The van der Waals surface area contributed by atoms with Crippen molar-refractivity contribution in [3.63, 3.8) is 0 Å². The van der Waals surface area contributed by atoms with Gasteiger partial charge in [-0.15, -0.1) is 10.2 Å². The van der Waals surface area contributed by atoms with E-state index in [4.69, 9.17) is 0 Å². The third kappa shape index (κ3) is 5.11. The first kappa shape index (κ1) is 17.6. The number of rotatable bonds is 5. The Morgan fingerprint density at radius 1 is 1.22 bits per heavy atom. The Morgan fingerprint density at radius 2 is 1.87 bits per heavy atom. The van der Waals surface area contributed by atoms with Crippen LogP contribution in [-0.2, 0) is 4.79 Å². The highest BCUT2D eigenvalue weighted by molar-refractivity contribution is 8.01. The number of hydrogen-bond donors (Lipinski definition) is 1. The van der Waals surface area contributed by atoms with E-state index in [1.165, 1.54) is 47.4 Å². The zero-order valence-corrected chi connectivity index (χ0v) is 14.6. The third-order valence-corrected chi connectivity index (χ3v) is 4.77. The number of benzene rings is 1. The van der Waals surface area contributed by atoms with Crippen molar-refractivity contribution < 1.29 is 14.0 Å². The van der Waals surface area contributed by atoms with Crippen LogP contribution in [0.15, 0.2) is 28.6 Å². The Morgan fingerprint density at radius 3 is 2.48 bits per heavy atom. The first-order chi connectivity index (χ1) is 10.8. The first-order valence-electron chi connectivity index (χ1n) is 6.82. The molecule has 0 aliphatic heterocycles. The molecule has 122 valence electrons. The van der Waals surface area contributed by atoms with Crippen molar-refractivity contribution in [3.8, 4) is 0 Å². The highest BCUT2D eigenvalue weighted by atomic mass is 32.2. The number of thioether (sulfide) groups is 1.